The molecule has 2 aromatic heterocycles. The van der Waals surface area contributed by atoms with Gasteiger partial charge in [-0.2, -0.15) is 13.2 Å². The number of hydrogen-bond acceptors (Lipinski definition) is 5. The zero-order valence-electron chi connectivity index (χ0n) is 16.8. The summed E-state index contributed by atoms with van der Waals surface area (Å²) in [6.45, 7) is 3.79. The lowest BCUT2D eigenvalue weighted by Gasteiger charge is -2.37. The Morgan fingerprint density at radius 3 is 2.58 bits per heavy atom. The highest BCUT2D eigenvalue weighted by atomic mass is 19.4. The van der Waals surface area contributed by atoms with E-state index in [0.29, 0.717) is 6.04 Å². The Morgan fingerprint density at radius 1 is 1.10 bits per heavy atom. The van der Waals surface area contributed by atoms with Crippen LogP contribution in [0.5, 0.6) is 0 Å². The fourth-order valence-corrected chi connectivity index (χ4v) is 4.07. The summed E-state index contributed by atoms with van der Waals surface area (Å²) in [6.07, 6.45) is -0.0946. The maximum absolute atomic E-state index is 13.1. The van der Waals surface area contributed by atoms with Crippen LogP contribution in [0.4, 0.5) is 23.4 Å². The van der Waals surface area contributed by atoms with Gasteiger partial charge in [0, 0.05) is 19.1 Å². The maximum atomic E-state index is 13.1. The van der Waals surface area contributed by atoms with Gasteiger partial charge in [-0.05, 0) is 48.6 Å². The number of aromatic amines is 1. The molecule has 1 unspecified atom stereocenters. The molecule has 1 aliphatic carbocycles. The molecule has 1 saturated heterocycles. The molecule has 2 aliphatic rings. The van der Waals surface area contributed by atoms with Crippen molar-refractivity contribution in [2.75, 3.05) is 32.0 Å². The van der Waals surface area contributed by atoms with Crippen molar-refractivity contribution in [3.8, 4) is 0 Å². The van der Waals surface area contributed by atoms with Crippen LogP contribution in [0.2, 0.25) is 0 Å². The van der Waals surface area contributed by atoms with E-state index < -0.39 is 11.9 Å². The third-order valence-corrected chi connectivity index (χ3v) is 5.69. The molecule has 1 aromatic carbocycles. The molecule has 1 atom stereocenters. The van der Waals surface area contributed by atoms with E-state index in [1.165, 1.54) is 11.1 Å². The third-order valence-electron chi connectivity index (χ3n) is 5.69. The van der Waals surface area contributed by atoms with Gasteiger partial charge in [-0.1, -0.05) is 6.07 Å². The quantitative estimate of drug-likeness (QED) is 0.569. The van der Waals surface area contributed by atoms with E-state index in [4.69, 9.17) is 10.5 Å². The van der Waals surface area contributed by atoms with E-state index in [0.717, 1.165) is 58.0 Å². The number of ether oxygens (including phenoxy) is 1. The molecular formula is C21H23F4N5O. The predicted molar refractivity (Wildman–Crippen MR) is 108 cm³/mol. The first-order valence-electron chi connectivity index (χ1n) is 10.1. The zero-order chi connectivity index (χ0) is 22.0. The number of alkyl halides is 3. The van der Waals surface area contributed by atoms with Gasteiger partial charge < -0.3 is 15.5 Å². The number of nitrogens with two attached hydrogens (primary N) is 1. The Hall–Kier alpha value is -2.72. The number of rotatable bonds is 1. The van der Waals surface area contributed by atoms with Crippen molar-refractivity contribution in [1.29, 1.82) is 0 Å². The predicted octanol–water partition coefficient (Wildman–Crippen LogP) is 3.57. The first-order chi connectivity index (χ1) is 14.8. The summed E-state index contributed by atoms with van der Waals surface area (Å²) in [5.74, 6) is -0.0738. The number of H-pyrrole nitrogens is 1. The summed E-state index contributed by atoms with van der Waals surface area (Å²) in [4.78, 5) is 11.9. The molecule has 3 N–H and O–H groups in total. The summed E-state index contributed by atoms with van der Waals surface area (Å²) in [6, 6.07) is 6.75. The lowest BCUT2D eigenvalue weighted by atomic mass is 9.87. The molecule has 3 aromatic rings. The Labute approximate surface area is 176 Å². The largest absolute Gasteiger partial charge is 0.431 e. The fraction of sp³-hybridized carbons (Fsp3) is 0.429. The van der Waals surface area contributed by atoms with Gasteiger partial charge in [0.1, 0.15) is 29.3 Å². The van der Waals surface area contributed by atoms with Crippen LogP contribution >= 0.6 is 0 Å². The first-order valence-corrected chi connectivity index (χ1v) is 10.1. The van der Waals surface area contributed by atoms with E-state index in [1.807, 2.05) is 6.07 Å². The number of nitrogen functional groups attached to an aromatic ring is 1. The molecule has 166 valence electrons. The number of hydrogen-bond donors (Lipinski definition) is 2. The van der Waals surface area contributed by atoms with Crippen LogP contribution in [-0.4, -0.2) is 52.2 Å². The summed E-state index contributed by atoms with van der Waals surface area (Å²) in [7, 11) is 0. The summed E-state index contributed by atoms with van der Waals surface area (Å²) >= 11 is 0. The molecule has 1 fully saturated rings. The zero-order valence-corrected chi connectivity index (χ0v) is 16.8. The van der Waals surface area contributed by atoms with Gasteiger partial charge in [-0.3, -0.25) is 4.90 Å². The topological polar surface area (TPSA) is 80.1 Å². The number of halogens is 4. The average molecular weight is 437 g/mol. The van der Waals surface area contributed by atoms with Crippen molar-refractivity contribution in [2.24, 2.45) is 0 Å². The van der Waals surface area contributed by atoms with Crippen LogP contribution in [-0.2, 0) is 23.8 Å². The number of anilines is 1. The standard InChI is InChI=1S/C14H18FNO.C7H5F3N4/c15-13-3-1-12-10-14(4-2-11(12)9-13)16-5-7-17-8-6-16;8-7(9,10)4-1-3-5(11)12-2-13-6(3)14-4/h1,3,9,14H,2,4-8,10H2;1-2H,(H3,11,12,13,14). The van der Waals surface area contributed by atoms with Gasteiger partial charge in [0.25, 0.3) is 0 Å². The highest BCUT2D eigenvalue weighted by Gasteiger charge is 2.33. The summed E-state index contributed by atoms with van der Waals surface area (Å²) < 4.78 is 55.2. The normalized spacial score (nSPS) is 19.5. The maximum Gasteiger partial charge on any atom is 0.431 e. The second kappa shape index (κ2) is 8.80. The number of aromatic nitrogens is 3. The molecule has 6 nitrogen and oxygen atoms in total. The van der Waals surface area contributed by atoms with Crippen LogP contribution < -0.4 is 5.73 Å². The van der Waals surface area contributed by atoms with E-state index in [2.05, 4.69) is 19.9 Å². The van der Waals surface area contributed by atoms with Gasteiger partial charge in [-0.15, -0.1) is 0 Å². The molecule has 0 radical (unpaired) electrons. The molecule has 0 spiro atoms. The minimum atomic E-state index is -4.42. The minimum Gasteiger partial charge on any atom is -0.383 e. The van der Waals surface area contributed by atoms with Crippen LogP contribution in [0.15, 0.2) is 30.6 Å². The number of nitrogens with one attached hydrogen (secondary N) is 1. The molecule has 0 bridgehead atoms. The molecule has 3 heterocycles. The van der Waals surface area contributed by atoms with E-state index in [1.54, 1.807) is 12.1 Å². The van der Waals surface area contributed by atoms with Crippen molar-refractivity contribution in [2.45, 2.75) is 31.5 Å². The van der Waals surface area contributed by atoms with Gasteiger partial charge in [0.2, 0.25) is 0 Å². The Bertz CT molecular complexity index is 1050. The van der Waals surface area contributed by atoms with Crippen LogP contribution in [0.1, 0.15) is 23.2 Å². The van der Waals surface area contributed by atoms with Gasteiger partial charge >= 0.3 is 6.18 Å². The average Bonchev–Trinajstić information content (AvgIpc) is 3.21. The van der Waals surface area contributed by atoms with E-state index in [-0.39, 0.29) is 22.7 Å². The van der Waals surface area contributed by atoms with Crippen molar-refractivity contribution >= 4 is 16.9 Å². The Morgan fingerprint density at radius 2 is 1.87 bits per heavy atom. The van der Waals surface area contributed by atoms with E-state index in [9.17, 15) is 17.6 Å². The second-order valence-corrected chi connectivity index (χ2v) is 7.66. The van der Waals surface area contributed by atoms with Gasteiger partial charge in [-0.25, -0.2) is 14.4 Å². The highest BCUT2D eigenvalue weighted by molar-refractivity contribution is 5.86. The number of benzene rings is 1. The number of nitrogens with zero attached hydrogens (tertiary/aromatic N) is 3. The van der Waals surface area contributed by atoms with Crippen molar-refractivity contribution in [1.82, 2.24) is 19.9 Å². The smallest absolute Gasteiger partial charge is 0.383 e. The minimum absolute atomic E-state index is 0.0294. The molecular weight excluding hydrogens is 414 g/mol. The molecule has 0 amide bonds. The Balaban J connectivity index is 0.000000152. The first kappa shape index (κ1) is 21.5. The SMILES string of the molecule is Fc1ccc2c(c1)CCC(N1CCOCC1)C2.Nc1ncnc2[nH]c(C(F)(F)F)cc12. The van der Waals surface area contributed by atoms with Crippen LogP contribution in [0.25, 0.3) is 11.0 Å². The summed E-state index contributed by atoms with van der Waals surface area (Å²) in [5, 5.41) is 0.180. The monoisotopic (exact) mass is 437 g/mol. The van der Waals surface area contributed by atoms with E-state index >= 15 is 0 Å². The fourth-order valence-electron chi connectivity index (χ4n) is 4.07. The molecule has 10 heteroatoms. The Kier molecular flexibility index (Phi) is 6.10. The van der Waals surface area contributed by atoms with Crippen molar-refractivity contribution in [3.05, 3.63) is 53.2 Å². The molecule has 5 rings (SSSR count). The number of morpholine rings is 1. The van der Waals surface area contributed by atoms with Crippen LogP contribution in [0.3, 0.4) is 0 Å². The van der Waals surface area contributed by atoms with Crippen LogP contribution in [0, 0.1) is 5.82 Å². The number of aryl methyl sites for hydroxylation is 1. The van der Waals surface area contributed by atoms with Crippen molar-refractivity contribution in [3.63, 3.8) is 0 Å². The lowest BCUT2D eigenvalue weighted by Crippen LogP contribution is -2.45. The van der Waals surface area contributed by atoms with Gasteiger partial charge in [0.15, 0.2) is 0 Å². The molecule has 31 heavy (non-hydrogen) atoms. The molecule has 0 saturated carbocycles. The highest BCUT2D eigenvalue weighted by Crippen LogP contribution is 2.31. The van der Waals surface area contributed by atoms with Gasteiger partial charge in [0.05, 0.1) is 18.6 Å². The second-order valence-electron chi connectivity index (χ2n) is 7.66. The third kappa shape index (κ3) is 4.96. The summed E-state index contributed by atoms with van der Waals surface area (Å²) in [5.41, 5.74) is 7.12. The van der Waals surface area contributed by atoms with Crippen molar-refractivity contribution < 1.29 is 22.3 Å². The lowest BCUT2D eigenvalue weighted by molar-refractivity contribution is -0.140. The number of fused-ring (bicyclic) bond motifs is 2. The molecule has 1 aliphatic heterocycles.